The zero-order chi connectivity index (χ0) is 25.6. The van der Waals surface area contributed by atoms with Gasteiger partial charge in [0.15, 0.2) is 5.78 Å². The van der Waals surface area contributed by atoms with E-state index in [1.165, 1.54) is 20.0 Å². The van der Waals surface area contributed by atoms with E-state index in [1.54, 1.807) is 18.2 Å². The fraction of sp³-hybridized carbons (Fsp3) is 0.550. The van der Waals surface area contributed by atoms with Crippen molar-refractivity contribution in [2.75, 3.05) is 13.5 Å². The van der Waals surface area contributed by atoms with E-state index in [1.807, 2.05) is 0 Å². The first kappa shape index (κ1) is 12.2. The number of nitrogens with one attached hydrogen (secondary N) is 1. The molecular formula is C20H28N2O4. The molecule has 142 valence electrons. The number of fused-ring (bicyclic) bond motifs is 1. The highest BCUT2D eigenvalue weighted by molar-refractivity contribution is 5.92. The summed E-state index contributed by atoms with van der Waals surface area (Å²) in [6, 6.07) is 3.80. The Labute approximate surface area is 164 Å². The van der Waals surface area contributed by atoms with Gasteiger partial charge in [0.2, 0.25) is 11.8 Å². The van der Waals surface area contributed by atoms with Crippen LogP contribution in [0, 0.1) is 11.8 Å². The van der Waals surface area contributed by atoms with E-state index in [0.29, 0.717) is 5.56 Å². The van der Waals surface area contributed by atoms with Crippen LogP contribution in [0.2, 0.25) is 0 Å². The molecule has 26 heavy (non-hydrogen) atoms. The van der Waals surface area contributed by atoms with E-state index in [4.69, 9.17) is 9.60 Å². The molecule has 0 aromatic heterocycles. The Morgan fingerprint density at radius 2 is 2.19 bits per heavy atom. The van der Waals surface area contributed by atoms with Gasteiger partial charge in [-0.05, 0) is 23.4 Å². The molecule has 1 unspecified atom stereocenters. The largest absolute Gasteiger partial charge is 0.385 e. The lowest BCUT2D eigenvalue weighted by atomic mass is 9.94. The maximum absolute atomic E-state index is 13.1. The van der Waals surface area contributed by atoms with Crippen LogP contribution in [-0.2, 0) is 20.8 Å². The molecule has 4 atom stereocenters. The SMILES string of the molecule is [2H]C1([2H])Cc2ccccc2[C@]([2H])(NC(=O)[C@H](C)CC(=O)[C@@H](O)C([2H])(C)C([2H])([2H])[2H])C(=O)N1C. The Bertz CT molecular complexity index is 951. The second-order valence-corrected chi connectivity index (χ2v) is 6.38. The minimum absolute atomic E-state index is 0.0938. The number of benzene rings is 1. The van der Waals surface area contributed by atoms with E-state index in [0.717, 1.165) is 11.8 Å². The van der Waals surface area contributed by atoms with E-state index in [9.17, 15) is 19.5 Å². The van der Waals surface area contributed by atoms with E-state index in [-0.39, 0.29) is 12.0 Å². The first-order chi connectivity index (χ1) is 14.9. The number of amides is 2. The fourth-order valence-corrected chi connectivity index (χ4v) is 2.59. The van der Waals surface area contributed by atoms with Gasteiger partial charge in [-0.25, -0.2) is 0 Å². The maximum atomic E-state index is 13.1. The van der Waals surface area contributed by atoms with Gasteiger partial charge in [0.1, 0.15) is 12.1 Å². The predicted molar refractivity (Wildman–Crippen MR) is 98.3 cm³/mol. The van der Waals surface area contributed by atoms with Gasteiger partial charge in [-0.15, -0.1) is 0 Å². The maximum Gasteiger partial charge on any atom is 0.249 e. The molecule has 0 spiro atoms. The number of hydrogen-bond donors (Lipinski definition) is 2. The number of carbonyl (C=O) groups excluding carboxylic acids is 3. The van der Waals surface area contributed by atoms with Gasteiger partial charge < -0.3 is 15.3 Å². The molecule has 0 radical (unpaired) electrons. The first-order valence-corrected chi connectivity index (χ1v) is 8.25. The van der Waals surface area contributed by atoms with Crippen LogP contribution < -0.4 is 5.32 Å². The Morgan fingerprint density at radius 1 is 1.50 bits per heavy atom. The minimum atomic E-state index is -2.95. The van der Waals surface area contributed by atoms with Crippen molar-refractivity contribution in [3.63, 3.8) is 0 Å². The lowest BCUT2D eigenvalue weighted by Gasteiger charge is -2.24. The van der Waals surface area contributed by atoms with Gasteiger partial charge >= 0.3 is 0 Å². The summed E-state index contributed by atoms with van der Waals surface area (Å²) in [6.07, 6.45) is -3.00. The molecule has 0 fully saturated rings. The summed E-state index contributed by atoms with van der Waals surface area (Å²) >= 11 is 0. The lowest BCUT2D eigenvalue weighted by Crippen LogP contribution is -2.43. The molecule has 1 aliphatic rings. The minimum Gasteiger partial charge on any atom is -0.385 e. The molecule has 0 saturated heterocycles. The number of aryl methyl sites for hydroxylation is 1. The third kappa shape index (κ3) is 4.49. The molecule has 6 heteroatoms. The molecule has 2 rings (SSSR count). The lowest BCUT2D eigenvalue weighted by molar-refractivity contribution is -0.137. The van der Waals surface area contributed by atoms with Crippen LogP contribution in [0.5, 0.6) is 0 Å². The summed E-state index contributed by atoms with van der Waals surface area (Å²) in [5.41, 5.74) is 0.452. The monoisotopic (exact) mass is 367 g/mol. The Kier molecular flexibility index (Phi) is 3.97. The van der Waals surface area contributed by atoms with Crippen LogP contribution in [0.25, 0.3) is 0 Å². The topological polar surface area (TPSA) is 86.7 Å². The van der Waals surface area contributed by atoms with Crippen molar-refractivity contribution < 1.29 is 29.1 Å². The zero-order valence-electron chi connectivity index (χ0n) is 22.0. The molecule has 1 aromatic carbocycles. The molecule has 2 amide bonds. The predicted octanol–water partition coefficient (Wildman–Crippen LogP) is 1.47. The number of aliphatic hydroxyl groups excluding tert-OH is 1. The van der Waals surface area contributed by atoms with Gasteiger partial charge in [-0.2, -0.15) is 0 Å². The number of aliphatic hydroxyl groups is 1. The highest BCUT2D eigenvalue weighted by atomic mass is 16.3. The smallest absolute Gasteiger partial charge is 0.249 e. The van der Waals surface area contributed by atoms with E-state index >= 15 is 0 Å². The Morgan fingerprint density at radius 3 is 2.88 bits per heavy atom. The van der Waals surface area contributed by atoms with Crippen molar-refractivity contribution in [3.05, 3.63) is 35.4 Å². The molecule has 6 nitrogen and oxygen atoms in total. The molecule has 0 aliphatic carbocycles. The third-order valence-corrected chi connectivity index (χ3v) is 4.23. The summed E-state index contributed by atoms with van der Waals surface area (Å²) < 4.78 is 55.0. The summed E-state index contributed by atoms with van der Waals surface area (Å²) in [4.78, 5) is 39.1. The van der Waals surface area contributed by atoms with Gasteiger partial charge in [-0.3, -0.25) is 14.4 Å². The van der Waals surface area contributed by atoms with Crippen molar-refractivity contribution in [1.29, 1.82) is 0 Å². The van der Waals surface area contributed by atoms with E-state index < -0.39 is 61.3 Å². The number of carbonyl (C=O) groups is 3. The number of rotatable bonds is 6. The van der Waals surface area contributed by atoms with Gasteiger partial charge in [0, 0.05) is 34.1 Å². The highest BCUT2D eigenvalue weighted by Gasteiger charge is 2.32. The Balaban J connectivity index is 2.29. The number of ketones is 1. The Hall–Kier alpha value is -2.21. The molecule has 0 bridgehead atoms. The molecule has 1 aliphatic heterocycles. The summed E-state index contributed by atoms with van der Waals surface area (Å²) in [5.74, 6) is -6.60. The summed E-state index contributed by atoms with van der Waals surface area (Å²) in [6.45, 7) is -2.85. The van der Waals surface area contributed by atoms with Gasteiger partial charge in [0.25, 0.3) is 0 Å². The fourth-order valence-electron chi connectivity index (χ4n) is 2.59. The number of nitrogens with zero attached hydrogens (tertiary/aromatic N) is 1. The summed E-state index contributed by atoms with van der Waals surface area (Å²) in [7, 11) is 1.19. The third-order valence-electron chi connectivity index (χ3n) is 4.23. The molecule has 1 aromatic rings. The van der Waals surface area contributed by atoms with Crippen molar-refractivity contribution in [1.82, 2.24) is 10.2 Å². The second-order valence-electron chi connectivity index (χ2n) is 6.38. The second kappa shape index (κ2) is 8.45. The summed E-state index contributed by atoms with van der Waals surface area (Å²) in [5, 5.41) is 12.4. The van der Waals surface area contributed by atoms with E-state index in [2.05, 4.69) is 5.32 Å². The number of Topliss-reactive ketones (excluding diaryl/α,β-unsaturated/α-hetero) is 1. The zero-order valence-corrected chi connectivity index (χ0v) is 15.0. The van der Waals surface area contributed by atoms with Crippen LogP contribution in [0.4, 0.5) is 0 Å². The van der Waals surface area contributed by atoms with Crippen molar-refractivity contribution >= 4 is 17.6 Å². The standard InChI is InChI=1S/C20H28N2O4/c1-12(2)18(24)16(23)11-13(3)19(25)21-17-15-8-6-5-7-14(15)9-10-22(4)20(17)26/h5-8,12-13,17-18,24H,9-11H2,1-4H3,(H,21,25)/t13-,17+,18+/m1/s1/i1D3,10D2,12D,17D/t12?,13-,17+,18+. The van der Waals surface area contributed by atoms with Crippen molar-refractivity contribution in [2.45, 2.75) is 45.7 Å². The highest BCUT2D eigenvalue weighted by Crippen LogP contribution is 2.25. The van der Waals surface area contributed by atoms with Crippen LogP contribution >= 0.6 is 0 Å². The molecular weight excluding hydrogens is 332 g/mol. The molecule has 2 N–H and O–H groups in total. The molecule has 0 saturated carbocycles. The van der Waals surface area contributed by atoms with Gasteiger partial charge in [-0.1, -0.05) is 45.0 Å². The van der Waals surface area contributed by atoms with Crippen molar-refractivity contribution in [3.8, 4) is 0 Å². The van der Waals surface area contributed by atoms with Gasteiger partial charge in [0.05, 0.1) is 1.37 Å². The average Bonchev–Trinajstić information content (AvgIpc) is 2.75. The number of likely N-dealkylation sites (N-methyl/N-ethyl adjacent to an activating group) is 1. The number of hydrogen-bond acceptors (Lipinski definition) is 4. The first-order valence-electron chi connectivity index (χ1n) is 11.8. The average molecular weight is 367 g/mol. The normalized spacial score (nSPS) is 31.0. The quantitative estimate of drug-likeness (QED) is 0.797. The van der Waals surface area contributed by atoms with Crippen molar-refractivity contribution in [2.24, 2.45) is 11.8 Å². The van der Waals surface area contributed by atoms with Crippen LogP contribution in [0.3, 0.4) is 0 Å². The van der Waals surface area contributed by atoms with Crippen LogP contribution in [0.1, 0.15) is 53.9 Å². The molecule has 1 heterocycles. The van der Waals surface area contributed by atoms with Crippen LogP contribution in [0.15, 0.2) is 24.3 Å². The van der Waals surface area contributed by atoms with Crippen LogP contribution in [-0.4, -0.2) is 47.3 Å².